The van der Waals surface area contributed by atoms with Gasteiger partial charge < -0.3 is 30.7 Å². The van der Waals surface area contributed by atoms with Crippen LogP contribution in [0.15, 0.2) is 48.5 Å². The number of halogens is 4. The lowest BCUT2D eigenvalue weighted by molar-refractivity contribution is -0.192. The monoisotopic (exact) mass is 584 g/mol. The van der Waals surface area contributed by atoms with Crippen molar-refractivity contribution in [3.05, 3.63) is 60.0 Å². The number of aromatic nitrogens is 2. The van der Waals surface area contributed by atoms with Crippen molar-refractivity contribution in [2.75, 3.05) is 20.8 Å². The Morgan fingerprint density at radius 1 is 1.02 bits per heavy atom. The van der Waals surface area contributed by atoms with Crippen LogP contribution in [-0.4, -0.2) is 70.8 Å². The summed E-state index contributed by atoms with van der Waals surface area (Å²) in [5.74, 6) is -4.04. The number of nitrogens with two attached hydrogens (primary N) is 1. The Morgan fingerprint density at radius 2 is 1.59 bits per heavy atom. The van der Waals surface area contributed by atoms with Gasteiger partial charge in [-0.2, -0.15) is 18.3 Å². The lowest BCUT2D eigenvalue weighted by atomic mass is 10.1. The molecule has 1 aromatic heterocycles. The first-order chi connectivity index (χ1) is 19.3. The Bertz CT molecular complexity index is 1320. The highest BCUT2D eigenvalue weighted by Gasteiger charge is 2.38. The topological polar surface area (TPSA) is 166 Å². The van der Waals surface area contributed by atoms with Crippen LogP contribution in [0.4, 0.5) is 17.6 Å². The Labute approximate surface area is 231 Å². The van der Waals surface area contributed by atoms with Crippen LogP contribution in [0.1, 0.15) is 29.8 Å². The number of carbonyl (C=O) groups is 3. The summed E-state index contributed by atoms with van der Waals surface area (Å²) in [7, 11) is 3.01. The normalized spacial score (nSPS) is 11.6. The molecule has 0 fully saturated rings. The van der Waals surface area contributed by atoms with E-state index in [0.717, 1.165) is 0 Å². The third kappa shape index (κ3) is 8.93. The van der Waals surface area contributed by atoms with E-state index in [-0.39, 0.29) is 12.1 Å². The molecule has 0 aliphatic rings. The minimum Gasteiger partial charge on any atom is -0.496 e. The van der Waals surface area contributed by atoms with E-state index in [4.69, 9.17) is 25.1 Å². The Hall–Kier alpha value is -4.66. The average molecular weight is 585 g/mol. The van der Waals surface area contributed by atoms with E-state index in [2.05, 4.69) is 10.4 Å². The van der Waals surface area contributed by atoms with Crippen molar-refractivity contribution in [2.45, 2.75) is 31.5 Å². The third-order valence-electron chi connectivity index (χ3n) is 5.49. The molecule has 11 nitrogen and oxygen atoms in total. The summed E-state index contributed by atoms with van der Waals surface area (Å²) in [6.45, 7) is 0.437. The fourth-order valence-electron chi connectivity index (χ4n) is 3.54. The maximum atomic E-state index is 13.5. The standard InChI is InChI=1S/C24H27FN4O5.C2HF3O2/c1-33-20-7-5-8-21(34-2)22(20)19-14-18(28-29(19)16-11-9-15(25)10-12-16)23(30)27-17(24(31)32)6-3-4-13-26;3-2(4,5)1(6)7/h5,7-12,14,17H,3-4,6,13,26H2,1-2H3,(H,27,30)(H,31,32);(H,6,7)/t17-;/m0./s1. The zero-order valence-corrected chi connectivity index (χ0v) is 21.9. The largest absolute Gasteiger partial charge is 0.496 e. The molecule has 0 aliphatic heterocycles. The van der Waals surface area contributed by atoms with Gasteiger partial charge >= 0.3 is 18.1 Å². The number of nitrogens with one attached hydrogen (secondary N) is 1. The highest BCUT2D eigenvalue weighted by molar-refractivity contribution is 5.96. The zero-order chi connectivity index (χ0) is 30.7. The maximum Gasteiger partial charge on any atom is 0.490 e. The molecule has 222 valence electrons. The molecule has 0 aliphatic carbocycles. The molecule has 1 heterocycles. The minimum atomic E-state index is -5.08. The van der Waals surface area contributed by atoms with Gasteiger partial charge in [0.15, 0.2) is 5.69 Å². The number of benzene rings is 2. The number of methoxy groups -OCH3 is 2. The van der Waals surface area contributed by atoms with Gasteiger partial charge in [-0.1, -0.05) is 6.07 Å². The predicted molar refractivity (Wildman–Crippen MR) is 138 cm³/mol. The molecule has 0 radical (unpaired) electrons. The second-order valence-electron chi connectivity index (χ2n) is 8.29. The highest BCUT2D eigenvalue weighted by atomic mass is 19.4. The molecular weight excluding hydrogens is 556 g/mol. The van der Waals surface area contributed by atoms with Crippen molar-refractivity contribution in [2.24, 2.45) is 5.73 Å². The van der Waals surface area contributed by atoms with E-state index in [1.165, 1.54) is 49.2 Å². The van der Waals surface area contributed by atoms with E-state index < -0.39 is 35.9 Å². The van der Waals surface area contributed by atoms with Crippen LogP contribution in [-0.2, 0) is 9.59 Å². The maximum absolute atomic E-state index is 13.5. The number of carboxylic acids is 2. The van der Waals surface area contributed by atoms with Crippen molar-refractivity contribution in [1.82, 2.24) is 15.1 Å². The van der Waals surface area contributed by atoms with Crippen LogP contribution in [0.5, 0.6) is 11.5 Å². The van der Waals surface area contributed by atoms with E-state index in [0.29, 0.717) is 47.8 Å². The summed E-state index contributed by atoms with van der Waals surface area (Å²) in [6, 6.07) is 11.2. The van der Waals surface area contributed by atoms with Crippen LogP contribution in [0.3, 0.4) is 0 Å². The van der Waals surface area contributed by atoms with E-state index >= 15 is 0 Å². The number of rotatable bonds is 11. The Balaban J connectivity index is 0.000000745. The number of aliphatic carboxylic acids is 2. The molecule has 41 heavy (non-hydrogen) atoms. The Morgan fingerprint density at radius 3 is 2.05 bits per heavy atom. The van der Waals surface area contributed by atoms with Crippen LogP contribution in [0.2, 0.25) is 0 Å². The number of amides is 1. The lowest BCUT2D eigenvalue weighted by Gasteiger charge is -2.14. The van der Waals surface area contributed by atoms with Gasteiger partial charge in [0.2, 0.25) is 0 Å². The molecule has 0 saturated heterocycles. The first kappa shape index (κ1) is 32.6. The Kier molecular flexibility index (Phi) is 11.6. The van der Waals surface area contributed by atoms with Crippen LogP contribution in [0, 0.1) is 5.82 Å². The van der Waals surface area contributed by atoms with Crippen LogP contribution < -0.4 is 20.5 Å². The number of carboxylic acid groups (broad SMARTS) is 2. The summed E-state index contributed by atoms with van der Waals surface area (Å²) in [5.41, 5.74) is 6.92. The number of ether oxygens (including phenoxy) is 2. The quantitative estimate of drug-likeness (QED) is 0.194. The van der Waals surface area contributed by atoms with Crippen molar-refractivity contribution < 1.29 is 51.6 Å². The van der Waals surface area contributed by atoms with Crippen LogP contribution in [0.25, 0.3) is 16.9 Å². The van der Waals surface area contributed by atoms with Gasteiger partial charge in [-0.25, -0.2) is 18.7 Å². The highest BCUT2D eigenvalue weighted by Crippen LogP contribution is 2.39. The zero-order valence-electron chi connectivity index (χ0n) is 21.9. The molecule has 3 aromatic rings. The summed E-state index contributed by atoms with van der Waals surface area (Å²) in [4.78, 5) is 33.5. The first-order valence-corrected chi connectivity index (χ1v) is 11.9. The third-order valence-corrected chi connectivity index (χ3v) is 5.49. The molecule has 0 saturated carbocycles. The molecule has 15 heteroatoms. The summed E-state index contributed by atoms with van der Waals surface area (Å²) in [6.07, 6.45) is -3.64. The average Bonchev–Trinajstić information content (AvgIpc) is 3.37. The number of hydrogen-bond donors (Lipinski definition) is 4. The van der Waals surface area contributed by atoms with Gasteiger partial charge in [0.1, 0.15) is 23.4 Å². The minimum absolute atomic E-state index is 0.0163. The van der Waals surface area contributed by atoms with Crippen molar-refractivity contribution in [3.63, 3.8) is 0 Å². The van der Waals surface area contributed by atoms with Gasteiger partial charge in [-0.3, -0.25) is 4.79 Å². The molecule has 2 aromatic carbocycles. The second-order valence-corrected chi connectivity index (χ2v) is 8.29. The number of carbonyl (C=O) groups excluding carboxylic acids is 1. The molecule has 5 N–H and O–H groups in total. The number of nitrogens with zero attached hydrogens (tertiary/aromatic N) is 2. The van der Waals surface area contributed by atoms with Crippen molar-refractivity contribution in [1.29, 1.82) is 0 Å². The predicted octanol–water partition coefficient (Wildman–Crippen LogP) is 3.64. The summed E-state index contributed by atoms with van der Waals surface area (Å²) in [5, 5.41) is 23.6. The molecule has 3 rings (SSSR count). The molecule has 1 amide bonds. The van der Waals surface area contributed by atoms with Gasteiger partial charge in [-0.15, -0.1) is 0 Å². The van der Waals surface area contributed by atoms with Crippen molar-refractivity contribution in [3.8, 4) is 28.4 Å². The summed E-state index contributed by atoms with van der Waals surface area (Å²) >= 11 is 0. The van der Waals surface area contributed by atoms with Crippen LogP contribution >= 0.6 is 0 Å². The molecular formula is C26H28F4N4O7. The smallest absolute Gasteiger partial charge is 0.490 e. The molecule has 0 unspecified atom stereocenters. The number of alkyl halides is 3. The first-order valence-electron chi connectivity index (χ1n) is 11.9. The second kappa shape index (κ2) is 14.6. The fraction of sp³-hybridized carbons (Fsp3) is 0.308. The van der Waals surface area contributed by atoms with Gasteiger partial charge in [-0.05, 0) is 68.3 Å². The van der Waals surface area contributed by atoms with Gasteiger partial charge in [0.05, 0.1) is 31.2 Å². The molecule has 0 bridgehead atoms. The number of unbranched alkanes of at least 4 members (excludes halogenated alkanes) is 1. The van der Waals surface area contributed by atoms with Gasteiger partial charge in [0.25, 0.3) is 5.91 Å². The summed E-state index contributed by atoms with van der Waals surface area (Å²) < 4.78 is 57.7. The van der Waals surface area contributed by atoms with E-state index in [9.17, 15) is 32.3 Å². The lowest BCUT2D eigenvalue weighted by Crippen LogP contribution is -2.41. The van der Waals surface area contributed by atoms with E-state index in [1.54, 1.807) is 18.2 Å². The fourth-order valence-corrected chi connectivity index (χ4v) is 3.54. The molecule has 1 atom stereocenters. The van der Waals surface area contributed by atoms with Crippen molar-refractivity contribution >= 4 is 17.8 Å². The number of hydrogen-bond acceptors (Lipinski definition) is 7. The van der Waals surface area contributed by atoms with E-state index in [1.807, 2.05) is 0 Å². The van der Waals surface area contributed by atoms with Gasteiger partial charge in [0, 0.05) is 0 Å². The molecule has 0 spiro atoms. The SMILES string of the molecule is COc1cccc(OC)c1-c1cc(C(=O)N[C@@H](CCCCN)C(=O)O)nn1-c1ccc(F)cc1.O=C(O)C(F)(F)F.